The molecule has 2 aliphatic heterocycles. The van der Waals surface area contributed by atoms with Gasteiger partial charge in [0.15, 0.2) is 5.82 Å². The lowest BCUT2D eigenvalue weighted by Gasteiger charge is -2.42. The predicted octanol–water partition coefficient (Wildman–Crippen LogP) is 5.29. The summed E-state index contributed by atoms with van der Waals surface area (Å²) in [6.07, 6.45) is 3.47. The van der Waals surface area contributed by atoms with Crippen LogP contribution in [0.4, 0.5) is 15.8 Å². The maximum absolute atomic E-state index is 15.7. The SMILES string of the molecule is C=CC(=O)N1CCN2c3c(c(=O)n(-c4c(C)ccnc4C(C)C)c4c(=O)n(-c5c(N)c(Cl)cc(Cl)c5F)c(C)cc34)OCCC2C1. The van der Waals surface area contributed by atoms with Crippen molar-refractivity contribution in [1.82, 2.24) is 19.0 Å². The fourth-order valence-electron chi connectivity index (χ4n) is 6.58. The zero-order valence-corrected chi connectivity index (χ0v) is 27.4. The van der Waals surface area contributed by atoms with E-state index in [1.165, 1.54) is 16.7 Å². The van der Waals surface area contributed by atoms with Crippen molar-refractivity contribution in [2.24, 2.45) is 0 Å². The number of carbonyl (C=O) groups is 1. The lowest BCUT2D eigenvalue weighted by atomic mass is 10.0. The van der Waals surface area contributed by atoms with Crippen LogP contribution in [0, 0.1) is 19.7 Å². The number of aryl methyl sites for hydroxylation is 2. The highest BCUT2D eigenvalue weighted by Gasteiger charge is 2.37. The van der Waals surface area contributed by atoms with Gasteiger partial charge in [-0.05, 0) is 49.6 Å². The summed E-state index contributed by atoms with van der Waals surface area (Å²) >= 11 is 12.5. The van der Waals surface area contributed by atoms with Gasteiger partial charge in [-0.25, -0.2) is 4.39 Å². The van der Waals surface area contributed by atoms with Crippen LogP contribution < -0.4 is 26.5 Å². The molecule has 1 aromatic carbocycles. The molecule has 1 atom stereocenters. The van der Waals surface area contributed by atoms with Crippen molar-refractivity contribution >= 4 is 51.4 Å². The molecular formula is C33H33Cl2FN6O4. The first-order valence-electron chi connectivity index (χ1n) is 14.9. The van der Waals surface area contributed by atoms with E-state index in [-0.39, 0.29) is 57.2 Å². The number of halogens is 3. The third kappa shape index (κ3) is 4.84. The molecule has 13 heteroatoms. The second-order valence-corrected chi connectivity index (χ2v) is 12.7. The summed E-state index contributed by atoms with van der Waals surface area (Å²) in [6.45, 7) is 12.3. The van der Waals surface area contributed by atoms with Crippen LogP contribution in [0.25, 0.3) is 22.3 Å². The van der Waals surface area contributed by atoms with Crippen LogP contribution in [0.5, 0.6) is 5.75 Å². The summed E-state index contributed by atoms with van der Waals surface area (Å²) in [5.74, 6) is -1.14. The second-order valence-electron chi connectivity index (χ2n) is 11.9. The van der Waals surface area contributed by atoms with E-state index in [1.807, 2.05) is 25.7 Å². The average Bonchev–Trinajstić information content (AvgIpc) is 3.21. The Balaban J connectivity index is 1.78. The van der Waals surface area contributed by atoms with Crippen molar-refractivity contribution < 1.29 is 13.9 Å². The van der Waals surface area contributed by atoms with Crippen LogP contribution in [0.3, 0.4) is 0 Å². The Bertz CT molecular complexity index is 2050. The fraction of sp³-hybridized carbons (Fsp3) is 0.333. The number of hydrogen-bond donors (Lipinski definition) is 1. The number of carbonyl (C=O) groups excluding carboxylic acids is 1. The minimum absolute atomic E-state index is 0.0175. The molecule has 10 nitrogen and oxygen atoms in total. The van der Waals surface area contributed by atoms with Gasteiger partial charge in [0.1, 0.15) is 11.2 Å². The van der Waals surface area contributed by atoms with E-state index in [0.717, 1.165) is 4.57 Å². The van der Waals surface area contributed by atoms with E-state index >= 15 is 4.39 Å². The number of nitrogen functional groups attached to an aromatic ring is 1. The fourth-order valence-corrected chi connectivity index (χ4v) is 7.03. The Morgan fingerprint density at radius 2 is 1.85 bits per heavy atom. The van der Waals surface area contributed by atoms with Gasteiger partial charge in [0, 0.05) is 43.3 Å². The van der Waals surface area contributed by atoms with Crippen molar-refractivity contribution in [3.8, 4) is 17.1 Å². The zero-order chi connectivity index (χ0) is 33.2. The molecule has 240 valence electrons. The summed E-state index contributed by atoms with van der Waals surface area (Å²) in [5, 5.41) is 0.0857. The first kappa shape index (κ1) is 31.6. The van der Waals surface area contributed by atoms with Gasteiger partial charge in [0.2, 0.25) is 11.7 Å². The Hall–Kier alpha value is -4.35. The Kier molecular flexibility index (Phi) is 8.10. The smallest absolute Gasteiger partial charge is 0.300 e. The molecule has 1 saturated heterocycles. The highest BCUT2D eigenvalue weighted by molar-refractivity contribution is 6.37. The maximum atomic E-state index is 15.7. The highest BCUT2D eigenvalue weighted by atomic mass is 35.5. The lowest BCUT2D eigenvalue weighted by molar-refractivity contribution is -0.126. The number of benzene rings is 1. The second kappa shape index (κ2) is 11.8. The molecule has 1 unspecified atom stereocenters. The number of hydrogen-bond acceptors (Lipinski definition) is 7. The van der Waals surface area contributed by atoms with Crippen LogP contribution in [-0.2, 0) is 4.79 Å². The van der Waals surface area contributed by atoms with E-state index in [4.69, 9.17) is 33.7 Å². The number of rotatable bonds is 4. The number of piperazine rings is 1. The number of nitrogens with zero attached hydrogens (tertiary/aromatic N) is 5. The Labute approximate surface area is 274 Å². The van der Waals surface area contributed by atoms with Crippen LogP contribution >= 0.6 is 23.2 Å². The normalized spacial score (nSPS) is 16.2. The summed E-state index contributed by atoms with van der Waals surface area (Å²) in [6, 6.07) is 4.45. The molecule has 0 saturated carbocycles. The number of fused-ring (bicyclic) bond motifs is 5. The van der Waals surface area contributed by atoms with E-state index in [1.54, 1.807) is 30.2 Å². The molecule has 2 aliphatic rings. The van der Waals surface area contributed by atoms with Crippen molar-refractivity contribution in [2.75, 3.05) is 36.9 Å². The van der Waals surface area contributed by atoms with Gasteiger partial charge in [-0.15, -0.1) is 0 Å². The largest absolute Gasteiger partial charge is 0.486 e. The first-order chi connectivity index (χ1) is 21.9. The number of aromatic nitrogens is 3. The van der Waals surface area contributed by atoms with Crippen LogP contribution in [0.15, 0.2) is 46.6 Å². The van der Waals surface area contributed by atoms with Crippen molar-refractivity contribution in [3.05, 3.63) is 90.6 Å². The average molecular weight is 668 g/mol. The van der Waals surface area contributed by atoms with E-state index in [9.17, 15) is 14.4 Å². The number of anilines is 2. The molecule has 0 aliphatic carbocycles. The molecule has 6 rings (SSSR count). The minimum Gasteiger partial charge on any atom is -0.486 e. The van der Waals surface area contributed by atoms with Gasteiger partial charge in [-0.1, -0.05) is 43.6 Å². The van der Waals surface area contributed by atoms with Crippen molar-refractivity contribution in [3.63, 3.8) is 0 Å². The van der Waals surface area contributed by atoms with Gasteiger partial charge in [-0.2, -0.15) is 0 Å². The molecule has 0 bridgehead atoms. The predicted molar refractivity (Wildman–Crippen MR) is 179 cm³/mol. The van der Waals surface area contributed by atoms with Gasteiger partial charge < -0.3 is 20.3 Å². The van der Waals surface area contributed by atoms with E-state index in [0.29, 0.717) is 59.8 Å². The van der Waals surface area contributed by atoms with Crippen molar-refractivity contribution in [2.45, 2.75) is 46.1 Å². The van der Waals surface area contributed by atoms with Gasteiger partial charge in [0.25, 0.3) is 11.1 Å². The molecule has 2 N–H and O–H groups in total. The summed E-state index contributed by atoms with van der Waals surface area (Å²) in [7, 11) is 0. The molecule has 1 amide bonds. The number of nitrogens with two attached hydrogens (primary N) is 1. The summed E-state index contributed by atoms with van der Waals surface area (Å²) in [5.41, 5.74) is 6.99. The molecule has 0 radical (unpaired) electrons. The quantitative estimate of drug-likeness (QED) is 0.179. The van der Waals surface area contributed by atoms with Crippen LogP contribution in [0.2, 0.25) is 10.0 Å². The summed E-state index contributed by atoms with van der Waals surface area (Å²) < 4.78 is 24.4. The standard InChI is InChI=1S/C33H33Cl2FN6O4/c1-6-23(43)39-10-11-40-19(15-39)8-12-46-31-28(40)20-13-18(5)41(30-24(36)21(34)14-22(35)25(30)37)32(44)29(20)42(33(31)45)27-17(4)7-9-38-26(27)16(2)3/h6-7,9,13-14,16,19H,1,8,10-12,15,37H2,2-5H3. The van der Waals surface area contributed by atoms with Crippen LogP contribution in [-0.4, -0.2) is 57.2 Å². The van der Waals surface area contributed by atoms with Gasteiger partial charge in [0.05, 0.1) is 45.5 Å². The van der Waals surface area contributed by atoms with Crippen molar-refractivity contribution in [1.29, 1.82) is 0 Å². The molecule has 46 heavy (non-hydrogen) atoms. The highest BCUT2D eigenvalue weighted by Crippen LogP contribution is 2.41. The molecule has 3 aromatic heterocycles. The number of amides is 1. The molecule has 4 aromatic rings. The van der Waals surface area contributed by atoms with Gasteiger partial charge >= 0.3 is 0 Å². The molecule has 1 fully saturated rings. The Morgan fingerprint density at radius 3 is 2.54 bits per heavy atom. The topological polar surface area (TPSA) is 116 Å². The minimum atomic E-state index is -0.927. The third-order valence-corrected chi connectivity index (χ3v) is 9.33. The lowest BCUT2D eigenvalue weighted by Crippen LogP contribution is -2.54. The zero-order valence-electron chi connectivity index (χ0n) is 25.9. The summed E-state index contributed by atoms with van der Waals surface area (Å²) in [4.78, 5) is 50.5. The van der Waals surface area contributed by atoms with Crippen LogP contribution in [0.1, 0.15) is 43.1 Å². The van der Waals surface area contributed by atoms with Gasteiger partial charge in [-0.3, -0.25) is 28.5 Å². The van der Waals surface area contributed by atoms with E-state index < -0.39 is 16.9 Å². The monoisotopic (exact) mass is 666 g/mol. The first-order valence-corrected chi connectivity index (χ1v) is 15.7. The Morgan fingerprint density at radius 1 is 1.11 bits per heavy atom. The maximum Gasteiger partial charge on any atom is 0.300 e. The van der Waals surface area contributed by atoms with E-state index in [2.05, 4.69) is 11.6 Å². The molecule has 0 spiro atoms. The number of pyridine rings is 3. The number of ether oxygens (including phenoxy) is 1. The molecule has 5 heterocycles. The molecular weight excluding hydrogens is 634 g/mol. The third-order valence-electron chi connectivity index (χ3n) is 8.74.